The van der Waals surface area contributed by atoms with Gasteiger partial charge < -0.3 is 9.47 Å². The molecule has 0 amide bonds. The summed E-state index contributed by atoms with van der Waals surface area (Å²) in [7, 11) is 0. The van der Waals surface area contributed by atoms with Gasteiger partial charge in [-0.3, -0.25) is 0 Å². The molecule has 0 atom stereocenters. The fraction of sp³-hybridized carbons (Fsp3) is 0.222. The van der Waals surface area contributed by atoms with Crippen LogP contribution in [0.2, 0.25) is 0 Å². The van der Waals surface area contributed by atoms with E-state index in [2.05, 4.69) is 0 Å². The summed E-state index contributed by atoms with van der Waals surface area (Å²) in [5, 5.41) is 0. The van der Waals surface area contributed by atoms with Crippen molar-refractivity contribution < 1.29 is 9.47 Å². The Hall–Kier alpha value is -1.93. The van der Waals surface area contributed by atoms with Gasteiger partial charge in [0.05, 0.1) is 6.61 Å². The van der Waals surface area contributed by atoms with Crippen molar-refractivity contribution in [2.75, 3.05) is 12.5 Å². The van der Waals surface area contributed by atoms with Crippen LogP contribution in [-0.2, 0) is 6.61 Å². The van der Waals surface area contributed by atoms with Crippen LogP contribution in [0, 0.1) is 0 Å². The minimum absolute atomic E-state index is 0.496. The van der Waals surface area contributed by atoms with E-state index in [9.17, 15) is 0 Å². The zero-order valence-corrected chi connectivity index (χ0v) is 12.8. The van der Waals surface area contributed by atoms with Gasteiger partial charge in [-0.1, -0.05) is 48.6 Å². The molecule has 0 N–H and O–H groups in total. The lowest BCUT2D eigenvalue weighted by molar-refractivity contribution is 0.269. The van der Waals surface area contributed by atoms with Crippen LogP contribution in [0.5, 0.6) is 11.5 Å². The molecule has 0 bridgehead atoms. The van der Waals surface area contributed by atoms with Gasteiger partial charge in [0.1, 0.15) is 6.61 Å². The lowest BCUT2D eigenvalue weighted by Gasteiger charge is -2.12. The van der Waals surface area contributed by atoms with E-state index in [4.69, 9.17) is 21.1 Å². The second-order valence-electron chi connectivity index (χ2n) is 4.47. The highest BCUT2D eigenvalue weighted by Crippen LogP contribution is 2.29. The molecular weight excluding hydrogens is 284 g/mol. The smallest absolute Gasteiger partial charge is 0.161 e. The van der Waals surface area contributed by atoms with E-state index in [1.807, 2.05) is 67.6 Å². The predicted octanol–water partition coefficient (Wildman–Crippen LogP) is 4.92. The molecule has 0 aliphatic heterocycles. The summed E-state index contributed by atoms with van der Waals surface area (Å²) in [6.45, 7) is 3.09. The lowest BCUT2D eigenvalue weighted by atomic mass is 10.2. The van der Waals surface area contributed by atoms with Gasteiger partial charge in [-0.05, 0) is 30.2 Å². The quantitative estimate of drug-likeness (QED) is 0.676. The van der Waals surface area contributed by atoms with Crippen LogP contribution in [0.4, 0.5) is 0 Å². The number of allylic oxidation sites excluding steroid dienone is 1. The molecule has 3 heteroatoms. The molecule has 110 valence electrons. The molecule has 0 spiro atoms. The minimum atomic E-state index is 0.496. The maximum atomic E-state index is 5.86. The minimum Gasteiger partial charge on any atom is -0.490 e. The van der Waals surface area contributed by atoms with Gasteiger partial charge >= 0.3 is 0 Å². The third kappa shape index (κ3) is 4.83. The topological polar surface area (TPSA) is 18.5 Å². The van der Waals surface area contributed by atoms with Crippen molar-refractivity contribution in [3.63, 3.8) is 0 Å². The third-order valence-electron chi connectivity index (χ3n) is 2.90. The van der Waals surface area contributed by atoms with E-state index in [0.29, 0.717) is 19.1 Å². The van der Waals surface area contributed by atoms with E-state index in [1.54, 1.807) is 0 Å². The van der Waals surface area contributed by atoms with Crippen LogP contribution < -0.4 is 9.47 Å². The van der Waals surface area contributed by atoms with E-state index < -0.39 is 0 Å². The predicted molar refractivity (Wildman–Crippen MR) is 88.1 cm³/mol. The Balaban J connectivity index is 2.12. The summed E-state index contributed by atoms with van der Waals surface area (Å²) in [4.78, 5) is 0. The number of alkyl halides is 1. The monoisotopic (exact) mass is 302 g/mol. The Morgan fingerprint density at radius 2 is 1.81 bits per heavy atom. The van der Waals surface area contributed by atoms with Gasteiger partial charge in [-0.15, -0.1) is 11.6 Å². The first-order chi connectivity index (χ1) is 10.3. The van der Waals surface area contributed by atoms with Crippen LogP contribution in [0.25, 0.3) is 6.08 Å². The molecule has 0 saturated heterocycles. The van der Waals surface area contributed by atoms with E-state index in [1.165, 1.54) is 0 Å². The zero-order chi connectivity index (χ0) is 14.9. The Bertz CT molecular complexity index is 579. The second-order valence-corrected chi connectivity index (χ2v) is 4.78. The normalized spacial score (nSPS) is 10.8. The SMILES string of the molecule is CCOc1cc(C=CCCl)ccc1OCc1ccccc1. The number of hydrogen-bond donors (Lipinski definition) is 0. The second kappa shape index (κ2) is 8.38. The molecule has 2 nitrogen and oxygen atoms in total. The number of benzene rings is 2. The first kappa shape index (κ1) is 15.5. The highest BCUT2D eigenvalue weighted by molar-refractivity contribution is 6.19. The molecule has 0 radical (unpaired) electrons. The molecule has 2 aromatic carbocycles. The average molecular weight is 303 g/mol. The van der Waals surface area contributed by atoms with Gasteiger partial charge in [0, 0.05) is 5.88 Å². The van der Waals surface area contributed by atoms with Crippen molar-refractivity contribution in [2.24, 2.45) is 0 Å². The summed E-state index contributed by atoms with van der Waals surface area (Å²) in [5.74, 6) is 2.00. The van der Waals surface area contributed by atoms with Crippen molar-refractivity contribution in [1.82, 2.24) is 0 Å². The third-order valence-corrected chi connectivity index (χ3v) is 3.08. The van der Waals surface area contributed by atoms with Gasteiger partial charge in [-0.25, -0.2) is 0 Å². The molecular formula is C18H19ClO2. The highest BCUT2D eigenvalue weighted by atomic mass is 35.5. The summed E-state index contributed by atoms with van der Waals surface area (Å²) >= 11 is 5.66. The van der Waals surface area contributed by atoms with Crippen molar-refractivity contribution in [1.29, 1.82) is 0 Å². The fourth-order valence-electron chi connectivity index (χ4n) is 1.93. The lowest BCUT2D eigenvalue weighted by Crippen LogP contribution is -1.99. The fourth-order valence-corrected chi connectivity index (χ4v) is 2.02. The van der Waals surface area contributed by atoms with Gasteiger partial charge in [0.15, 0.2) is 11.5 Å². The first-order valence-corrected chi connectivity index (χ1v) is 7.53. The van der Waals surface area contributed by atoms with Crippen molar-refractivity contribution >= 4 is 17.7 Å². The summed E-state index contributed by atoms with van der Waals surface area (Å²) < 4.78 is 11.5. The number of hydrogen-bond acceptors (Lipinski definition) is 2. The maximum Gasteiger partial charge on any atom is 0.161 e. The summed E-state index contributed by atoms with van der Waals surface area (Å²) in [6.07, 6.45) is 3.87. The molecule has 0 unspecified atom stereocenters. The van der Waals surface area contributed by atoms with Crippen molar-refractivity contribution in [3.05, 3.63) is 65.7 Å². The van der Waals surface area contributed by atoms with Gasteiger partial charge in [0.2, 0.25) is 0 Å². The standard InChI is InChI=1S/C18H19ClO2/c1-2-20-18-13-15(9-6-12-19)10-11-17(18)21-14-16-7-4-3-5-8-16/h3-11,13H,2,12,14H2,1H3. The molecule has 0 heterocycles. The molecule has 0 aliphatic rings. The maximum absolute atomic E-state index is 5.86. The summed E-state index contributed by atoms with van der Waals surface area (Å²) in [6, 6.07) is 16.0. The highest BCUT2D eigenvalue weighted by Gasteiger charge is 2.06. The molecule has 0 aromatic heterocycles. The van der Waals surface area contributed by atoms with Gasteiger partial charge in [0.25, 0.3) is 0 Å². The van der Waals surface area contributed by atoms with Crippen LogP contribution in [0.1, 0.15) is 18.1 Å². The van der Waals surface area contributed by atoms with Crippen LogP contribution in [0.15, 0.2) is 54.6 Å². The Morgan fingerprint density at radius 1 is 1.00 bits per heavy atom. The van der Waals surface area contributed by atoms with Crippen LogP contribution in [-0.4, -0.2) is 12.5 Å². The first-order valence-electron chi connectivity index (χ1n) is 6.99. The molecule has 2 aromatic rings. The van der Waals surface area contributed by atoms with Crippen molar-refractivity contribution in [2.45, 2.75) is 13.5 Å². The number of ether oxygens (including phenoxy) is 2. The molecule has 0 aliphatic carbocycles. The van der Waals surface area contributed by atoms with E-state index in [0.717, 1.165) is 22.6 Å². The molecule has 21 heavy (non-hydrogen) atoms. The number of rotatable bonds is 7. The number of halogens is 1. The zero-order valence-electron chi connectivity index (χ0n) is 12.1. The van der Waals surface area contributed by atoms with Gasteiger partial charge in [-0.2, -0.15) is 0 Å². The van der Waals surface area contributed by atoms with E-state index >= 15 is 0 Å². The van der Waals surface area contributed by atoms with E-state index in [-0.39, 0.29) is 0 Å². The molecule has 2 rings (SSSR count). The Labute approximate surface area is 131 Å². The summed E-state index contributed by atoms with van der Waals surface area (Å²) in [5.41, 5.74) is 2.18. The van der Waals surface area contributed by atoms with Crippen molar-refractivity contribution in [3.8, 4) is 11.5 Å². The Morgan fingerprint density at radius 3 is 2.52 bits per heavy atom. The molecule has 0 fully saturated rings. The molecule has 0 saturated carbocycles. The average Bonchev–Trinajstić information content (AvgIpc) is 2.53. The largest absolute Gasteiger partial charge is 0.490 e. The Kier molecular flexibility index (Phi) is 6.17. The van der Waals surface area contributed by atoms with Crippen LogP contribution in [0.3, 0.4) is 0 Å². The van der Waals surface area contributed by atoms with Crippen LogP contribution >= 0.6 is 11.6 Å².